The van der Waals surface area contributed by atoms with Crippen LogP contribution >= 0.6 is 0 Å². The summed E-state index contributed by atoms with van der Waals surface area (Å²) in [4.78, 5) is 10.6. The molecule has 264 valence electrons. The van der Waals surface area contributed by atoms with E-state index in [1.54, 1.807) is 0 Å². The standard InChI is InChI=1S/C53H37N3/c1-53(2)45-25-14-24-41(51(45)44-31-36-19-9-10-20-37(36)32-46(44)53)39-21-13-22-40(29-39)47-33-50(55-52(54-47)35-17-7-4-8-18-35)56-48-26-12-11-23-42(48)43-30-38(27-28-49(43)56)34-15-5-3-6-16-34/h3-33H,1-2H3. The molecule has 56 heavy (non-hydrogen) atoms. The molecule has 3 heteroatoms. The molecule has 11 rings (SSSR count). The van der Waals surface area contributed by atoms with Gasteiger partial charge in [-0.1, -0.05) is 159 Å². The third kappa shape index (κ3) is 5.05. The molecule has 0 atom stereocenters. The molecule has 0 radical (unpaired) electrons. The molecule has 1 aliphatic rings. The van der Waals surface area contributed by atoms with Crippen LogP contribution in [0.15, 0.2) is 188 Å². The molecule has 0 N–H and O–H groups in total. The minimum Gasteiger partial charge on any atom is -0.294 e. The van der Waals surface area contributed by atoms with Gasteiger partial charge in [0.25, 0.3) is 0 Å². The summed E-state index contributed by atoms with van der Waals surface area (Å²) >= 11 is 0. The maximum atomic E-state index is 5.30. The fourth-order valence-corrected chi connectivity index (χ4v) is 9.00. The normalized spacial score (nSPS) is 13.0. The minimum absolute atomic E-state index is 0.112. The van der Waals surface area contributed by atoms with Gasteiger partial charge in [-0.2, -0.15) is 0 Å². The number of rotatable bonds is 5. The van der Waals surface area contributed by atoms with Crippen molar-refractivity contribution in [2.45, 2.75) is 19.3 Å². The summed E-state index contributed by atoms with van der Waals surface area (Å²) in [6.45, 7) is 4.72. The minimum atomic E-state index is -0.112. The molecule has 0 unspecified atom stereocenters. The van der Waals surface area contributed by atoms with E-state index in [9.17, 15) is 0 Å². The zero-order valence-corrected chi connectivity index (χ0v) is 31.2. The summed E-state index contributed by atoms with van der Waals surface area (Å²) in [6, 6.07) is 67.7. The van der Waals surface area contributed by atoms with E-state index in [0.29, 0.717) is 5.82 Å². The van der Waals surface area contributed by atoms with Gasteiger partial charge in [-0.05, 0) is 91.7 Å². The van der Waals surface area contributed by atoms with Gasteiger partial charge in [-0.15, -0.1) is 0 Å². The highest BCUT2D eigenvalue weighted by atomic mass is 15.1. The Morgan fingerprint density at radius 1 is 0.411 bits per heavy atom. The lowest BCUT2D eigenvalue weighted by Gasteiger charge is -2.22. The van der Waals surface area contributed by atoms with Gasteiger partial charge < -0.3 is 0 Å². The smallest absolute Gasteiger partial charge is 0.162 e. The van der Waals surface area contributed by atoms with Crippen molar-refractivity contribution >= 4 is 32.6 Å². The van der Waals surface area contributed by atoms with Gasteiger partial charge >= 0.3 is 0 Å². The van der Waals surface area contributed by atoms with E-state index in [0.717, 1.165) is 33.7 Å². The van der Waals surface area contributed by atoms with Crippen molar-refractivity contribution < 1.29 is 0 Å². The average molecular weight is 716 g/mol. The lowest BCUT2D eigenvalue weighted by molar-refractivity contribution is 0.661. The fraction of sp³-hybridized carbons (Fsp3) is 0.0566. The Balaban J connectivity index is 1.10. The van der Waals surface area contributed by atoms with Crippen molar-refractivity contribution in [3.8, 4) is 61.8 Å². The van der Waals surface area contributed by atoms with Gasteiger partial charge in [0.2, 0.25) is 0 Å². The number of hydrogen-bond acceptors (Lipinski definition) is 2. The van der Waals surface area contributed by atoms with Crippen LogP contribution in [-0.2, 0) is 5.41 Å². The van der Waals surface area contributed by atoms with E-state index in [-0.39, 0.29) is 5.41 Å². The van der Waals surface area contributed by atoms with Crippen molar-refractivity contribution in [3.63, 3.8) is 0 Å². The molecular weight excluding hydrogens is 679 g/mol. The maximum Gasteiger partial charge on any atom is 0.162 e. The predicted molar refractivity (Wildman–Crippen MR) is 233 cm³/mol. The van der Waals surface area contributed by atoms with Crippen molar-refractivity contribution in [2.24, 2.45) is 0 Å². The molecule has 0 saturated carbocycles. The molecule has 2 aromatic heterocycles. The van der Waals surface area contributed by atoms with Gasteiger partial charge in [0, 0.05) is 33.4 Å². The zero-order chi connectivity index (χ0) is 37.4. The van der Waals surface area contributed by atoms with Gasteiger partial charge in [-0.25, -0.2) is 9.97 Å². The van der Waals surface area contributed by atoms with Gasteiger partial charge in [0.1, 0.15) is 5.82 Å². The second-order valence-corrected chi connectivity index (χ2v) is 15.4. The highest BCUT2D eigenvalue weighted by Crippen LogP contribution is 2.53. The Kier molecular flexibility index (Phi) is 7.20. The van der Waals surface area contributed by atoms with E-state index in [4.69, 9.17) is 9.97 Å². The zero-order valence-electron chi connectivity index (χ0n) is 31.2. The Labute approximate surface area is 326 Å². The number of para-hydroxylation sites is 1. The lowest BCUT2D eigenvalue weighted by atomic mass is 9.81. The summed E-state index contributed by atoms with van der Waals surface area (Å²) in [7, 11) is 0. The molecule has 0 spiro atoms. The molecule has 1 aliphatic carbocycles. The molecule has 10 aromatic rings. The van der Waals surface area contributed by atoms with Crippen LogP contribution in [0.5, 0.6) is 0 Å². The van der Waals surface area contributed by atoms with E-state index < -0.39 is 0 Å². The second-order valence-electron chi connectivity index (χ2n) is 15.4. The van der Waals surface area contributed by atoms with Crippen LogP contribution in [0.2, 0.25) is 0 Å². The number of benzene rings is 8. The monoisotopic (exact) mass is 715 g/mol. The summed E-state index contributed by atoms with van der Waals surface area (Å²) < 4.78 is 2.30. The Morgan fingerprint density at radius 2 is 1.07 bits per heavy atom. The summed E-state index contributed by atoms with van der Waals surface area (Å²) in [5.74, 6) is 1.53. The Hall–Kier alpha value is -7.10. The van der Waals surface area contributed by atoms with Crippen molar-refractivity contribution in [2.75, 3.05) is 0 Å². The van der Waals surface area contributed by atoms with E-state index in [2.05, 4.69) is 200 Å². The third-order valence-corrected chi connectivity index (χ3v) is 11.8. The summed E-state index contributed by atoms with van der Waals surface area (Å²) in [5, 5.41) is 4.93. The third-order valence-electron chi connectivity index (χ3n) is 11.8. The topological polar surface area (TPSA) is 30.7 Å². The van der Waals surface area contributed by atoms with Crippen LogP contribution in [0, 0.1) is 0 Å². The van der Waals surface area contributed by atoms with Gasteiger partial charge in [-0.3, -0.25) is 4.57 Å². The summed E-state index contributed by atoms with van der Waals surface area (Å²) in [5.41, 5.74) is 15.2. The number of nitrogens with zero attached hydrogens (tertiary/aromatic N) is 3. The molecule has 0 amide bonds. The molecule has 3 nitrogen and oxygen atoms in total. The number of fused-ring (bicyclic) bond motifs is 7. The number of hydrogen-bond donors (Lipinski definition) is 0. The molecule has 0 aliphatic heterocycles. The second kappa shape index (κ2) is 12.5. The van der Waals surface area contributed by atoms with E-state index in [1.807, 2.05) is 6.07 Å². The van der Waals surface area contributed by atoms with Gasteiger partial charge in [0.15, 0.2) is 5.82 Å². The average Bonchev–Trinajstić information content (AvgIpc) is 3.71. The first-order valence-electron chi connectivity index (χ1n) is 19.3. The Morgan fingerprint density at radius 3 is 1.89 bits per heavy atom. The van der Waals surface area contributed by atoms with Crippen LogP contribution in [0.3, 0.4) is 0 Å². The van der Waals surface area contributed by atoms with Crippen molar-refractivity contribution in [1.29, 1.82) is 0 Å². The fourth-order valence-electron chi connectivity index (χ4n) is 9.00. The first-order valence-corrected chi connectivity index (χ1v) is 19.3. The SMILES string of the molecule is CC1(C)c2cc3ccccc3cc2-c2c(-c3cccc(-c4cc(-n5c6ccccc6c6cc(-c7ccccc7)ccc65)nc(-c5ccccc5)n4)c3)cccc21. The molecule has 8 aromatic carbocycles. The van der Waals surface area contributed by atoms with Crippen LogP contribution in [0.25, 0.3) is 94.4 Å². The maximum absolute atomic E-state index is 5.30. The van der Waals surface area contributed by atoms with Crippen LogP contribution in [0.4, 0.5) is 0 Å². The quantitative estimate of drug-likeness (QED) is 0.178. The van der Waals surface area contributed by atoms with E-state index >= 15 is 0 Å². The predicted octanol–water partition coefficient (Wildman–Crippen LogP) is 13.7. The highest BCUT2D eigenvalue weighted by molar-refractivity contribution is 6.10. The van der Waals surface area contributed by atoms with Crippen LogP contribution < -0.4 is 0 Å². The largest absolute Gasteiger partial charge is 0.294 e. The molecule has 0 fully saturated rings. The van der Waals surface area contributed by atoms with Crippen molar-refractivity contribution in [1.82, 2.24) is 14.5 Å². The molecule has 2 heterocycles. The van der Waals surface area contributed by atoms with Gasteiger partial charge in [0.05, 0.1) is 16.7 Å². The highest BCUT2D eigenvalue weighted by Gasteiger charge is 2.37. The lowest BCUT2D eigenvalue weighted by Crippen LogP contribution is -2.14. The molecular formula is C53H37N3. The first-order chi connectivity index (χ1) is 27.5. The van der Waals surface area contributed by atoms with E-state index in [1.165, 1.54) is 66.1 Å². The first kappa shape index (κ1) is 32.3. The summed E-state index contributed by atoms with van der Waals surface area (Å²) in [6.07, 6.45) is 0. The molecule has 0 saturated heterocycles. The van der Waals surface area contributed by atoms with Crippen LogP contribution in [-0.4, -0.2) is 14.5 Å². The van der Waals surface area contributed by atoms with Crippen LogP contribution in [0.1, 0.15) is 25.0 Å². The number of aromatic nitrogens is 3. The molecule has 0 bridgehead atoms. The Bertz CT molecular complexity index is 3150. The van der Waals surface area contributed by atoms with Crippen molar-refractivity contribution in [3.05, 3.63) is 199 Å².